The van der Waals surface area contributed by atoms with Crippen LogP contribution < -0.4 is 10.6 Å². The number of carbonyl (C=O) groups is 2. The first kappa shape index (κ1) is 20.9. The molecule has 0 saturated heterocycles. The van der Waals surface area contributed by atoms with Crippen molar-refractivity contribution in [3.05, 3.63) is 59.5 Å². The van der Waals surface area contributed by atoms with E-state index in [1.807, 2.05) is 0 Å². The zero-order chi connectivity index (χ0) is 20.9. The predicted octanol–water partition coefficient (Wildman–Crippen LogP) is 3.81. The van der Waals surface area contributed by atoms with Gasteiger partial charge in [-0.3, -0.25) is 14.9 Å². The topological polar surface area (TPSA) is 97.1 Å². The van der Waals surface area contributed by atoms with Crippen LogP contribution in [-0.4, -0.2) is 27.8 Å². The van der Waals surface area contributed by atoms with Crippen molar-refractivity contribution in [2.45, 2.75) is 17.1 Å². The fourth-order valence-corrected chi connectivity index (χ4v) is 3.68. The second-order valence-corrected chi connectivity index (χ2v) is 7.75. The van der Waals surface area contributed by atoms with Gasteiger partial charge in [0.05, 0.1) is 24.1 Å². The Morgan fingerprint density at radius 3 is 2.72 bits per heavy atom. The lowest BCUT2D eigenvalue weighted by Crippen LogP contribution is -2.24. The van der Waals surface area contributed by atoms with Gasteiger partial charge < -0.3 is 9.73 Å². The van der Waals surface area contributed by atoms with Crippen LogP contribution in [0, 0.1) is 0 Å². The van der Waals surface area contributed by atoms with Crippen molar-refractivity contribution in [1.82, 2.24) is 15.5 Å². The van der Waals surface area contributed by atoms with Crippen LogP contribution in [0.1, 0.15) is 21.7 Å². The lowest BCUT2D eigenvalue weighted by Gasteiger charge is -2.08. The Labute approximate surface area is 170 Å². The van der Waals surface area contributed by atoms with E-state index >= 15 is 0 Å². The number of thioether (sulfide) groups is 1. The first-order valence-electron chi connectivity index (χ1n) is 8.05. The standard InChI is InChI=1S/C17H13F3N4O3S2/c18-17(19,20)11-4-1-3-10(7-11)14(26)22-15-23-24-16(29-15)28-9-13(25)21-8-12-5-2-6-27-12/h1-7H,8-9H2,(H,21,25)(H,22,23,26). The molecule has 2 N–H and O–H groups in total. The second-order valence-electron chi connectivity index (χ2n) is 5.55. The van der Waals surface area contributed by atoms with E-state index in [0.29, 0.717) is 10.1 Å². The first-order chi connectivity index (χ1) is 13.8. The summed E-state index contributed by atoms with van der Waals surface area (Å²) in [7, 11) is 0. The van der Waals surface area contributed by atoms with Crippen LogP contribution in [0.15, 0.2) is 51.4 Å². The van der Waals surface area contributed by atoms with Gasteiger partial charge in [0, 0.05) is 5.56 Å². The summed E-state index contributed by atoms with van der Waals surface area (Å²) in [4.78, 5) is 24.0. The lowest BCUT2D eigenvalue weighted by molar-refractivity contribution is -0.137. The van der Waals surface area contributed by atoms with Gasteiger partial charge in [0.1, 0.15) is 5.76 Å². The Hall–Kier alpha value is -2.86. The molecule has 0 fully saturated rings. The summed E-state index contributed by atoms with van der Waals surface area (Å²) in [6, 6.07) is 7.51. The van der Waals surface area contributed by atoms with Crippen molar-refractivity contribution in [2.24, 2.45) is 0 Å². The van der Waals surface area contributed by atoms with Gasteiger partial charge in [0.15, 0.2) is 4.34 Å². The minimum atomic E-state index is -4.54. The molecule has 0 aliphatic heterocycles. The van der Waals surface area contributed by atoms with E-state index in [4.69, 9.17) is 4.42 Å². The normalized spacial score (nSPS) is 11.3. The number of hydrogen-bond acceptors (Lipinski definition) is 7. The van der Waals surface area contributed by atoms with E-state index in [-0.39, 0.29) is 28.9 Å². The van der Waals surface area contributed by atoms with Crippen LogP contribution in [-0.2, 0) is 17.5 Å². The van der Waals surface area contributed by atoms with Gasteiger partial charge in [-0.2, -0.15) is 13.2 Å². The summed E-state index contributed by atoms with van der Waals surface area (Å²) in [5, 5.41) is 12.8. The van der Waals surface area contributed by atoms with Gasteiger partial charge in [0.2, 0.25) is 11.0 Å². The Morgan fingerprint density at radius 1 is 1.17 bits per heavy atom. The number of hydrogen-bond donors (Lipinski definition) is 2. The van der Waals surface area contributed by atoms with Gasteiger partial charge >= 0.3 is 6.18 Å². The van der Waals surface area contributed by atoms with Crippen LogP contribution >= 0.6 is 23.1 Å². The van der Waals surface area contributed by atoms with Gasteiger partial charge in [-0.1, -0.05) is 29.2 Å². The molecule has 0 bridgehead atoms. The van der Waals surface area contributed by atoms with E-state index in [1.165, 1.54) is 12.3 Å². The number of carbonyl (C=O) groups excluding carboxylic acids is 2. The van der Waals surface area contributed by atoms with Crippen molar-refractivity contribution in [2.75, 3.05) is 11.1 Å². The number of furan rings is 1. The molecule has 0 spiro atoms. The van der Waals surface area contributed by atoms with E-state index in [9.17, 15) is 22.8 Å². The molecule has 3 rings (SSSR count). The molecular formula is C17H13F3N4O3S2. The number of benzene rings is 1. The lowest BCUT2D eigenvalue weighted by atomic mass is 10.1. The minimum Gasteiger partial charge on any atom is -0.467 e. The monoisotopic (exact) mass is 442 g/mol. The van der Waals surface area contributed by atoms with E-state index in [0.717, 1.165) is 41.3 Å². The summed E-state index contributed by atoms with van der Waals surface area (Å²) in [5.41, 5.74) is -1.07. The zero-order valence-electron chi connectivity index (χ0n) is 14.5. The summed E-state index contributed by atoms with van der Waals surface area (Å²) in [6.07, 6.45) is -3.03. The molecule has 0 aliphatic rings. The van der Waals surface area contributed by atoms with Gasteiger partial charge in [-0.05, 0) is 30.3 Å². The highest BCUT2D eigenvalue weighted by atomic mass is 32.2. The average Bonchev–Trinajstić information content (AvgIpc) is 3.36. The maximum absolute atomic E-state index is 12.8. The maximum atomic E-state index is 12.8. The Kier molecular flexibility index (Phi) is 6.54. The molecule has 1 aromatic carbocycles. The van der Waals surface area contributed by atoms with Crippen LogP contribution in [0.5, 0.6) is 0 Å². The van der Waals surface area contributed by atoms with Crippen LogP contribution in [0.3, 0.4) is 0 Å². The smallest absolute Gasteiger partial charge is 0.416 e. The molecule has 7 nitrogen and oxygen atoms in total. The van der Waals surface area contributed by atoms with Gasteiger partial charge in [0.25, 0.3) is 5.91 Å². The highest BCUT2D eigenvalue weighted by Gasteiger charge is 2.31. The number of nitrogens with one attached hydrogen (secondary N) is 2. The number of halogens is 3. The van der Waals surface area contributed by atoms with E-state index in [1.54, 1.807) is 12.1 Å². The van der Waals surface area contributed by atoms with Gasteiger partial charge in [-0.15, -0.1) is 10.2 Å². The van der Waals surface area contributed by atoms with Crippen molar-refractivity contribution in [3.63, 3.8) is 0 Å². The number of rotatable bonds is 7. The Bertz CT molecular complexity index is 990. The third-order valence-corrected chi connectivity index (χ3v) is 5.42. The highest BCUT2D eigenvalue weighted by molar-refractivity contribution is 8.01. The minimum absolute atomic E-state index is 0.0803. The Morgan fingerprint density at radius 2 is 2.00 bits per heavy atom. The van der Waals surface area contributed by atoms with Crippen LogP contribution in [0.2, 0.25) is 0 Å². The molecule has 152 valence electrons. The molecule has 0 saturated carbocycles. The molecule has 2 aromatic heterocycles. The summed E-state index contributed by atoms with van der Waals surface area (Å²) < 4.78 is 43.8. The number of amides is 2. The molecule has 0 atom stereocenters. The Balaban J connectivity index is 1.51. The first-order valence-corrected chi connectivity index (χ1v) is 9.85. The van der Waals surface area contributed by atoms with Crippen molar-refractivity contribution < 1.29 is 27.2 Å². The summed E-state index contributed by atoms with van der Waals surface area (Å²) in [6.45, 7) is 0.265. The number of nitrogens with zero attached hydrogens (tertiary/aromatic N) is 2. The van der Waals surface area contributed by atoms with Crippen molar-refractivity contribution in [1.29, 1.82) is 0 Å². The number of anilines is 1. The average molecular weight is 442 g/mol. The molecule has 29 heavy (non-hydrogen) atoms. The second kappa shape index (κ2) is 9.09. The molecule has 2 amide bonds. The highest BCUT2D eigenvalue weighted by Crippen LogP contribution is 2.30. The van der Waals surface area contributed by atoms with E-state index < -0.39 is 17.6 Å². The fourth-order valence-electron chi connectivity index (χ4n) is 2.10. The molecule has 0 radical (unpaired) electrons. The SMILES string of the molecule is O=C(CSc1nnc(NC(=O)c2cccc(C(F)(F)F)c2)s1)NCc1ccco1. The van der Waals surface area contributed by atoms with Crippen LogP contribution in [0.25, 0.3) is 0 Å². The summed E-state index contributed by atoms with van der Waals surface area (Å²) >= 11 is 2.13. The predicted molar refractivity (Wildman–Crippen MR) is 101 cm³/mol. The largest absolute Gasteiger partial charge is 0.467 e. The van der Waals surface area contributed by atoms with Crippen molar-refractivity contribution in [3.8, 4) is 0 Å². The number of alkyl halides is 3. The number of aromatic nitrogens is 2. The molecule has 12 heteroatoms. The molecule has 0 aliphatic carbocycles. The molecule has 3 aromatic rings. The van der Waals surface area contributed by atoms with Crippen LogP contribution in [0.4, 0.5) is 18.3 Å². The third-order valence-electron chi connectivity index (χ3n) is 3.45. The summed E-state index contributed by atoms with van der Waals surface area (Å²) in [5.74, 6) is -0.272. The molecular weight excluding hydrogens is 429 g/mol. The fraction of sp³-hybridized carbons (Fsp3) is 0.176. The maximum Gasteiger partial charge on any atom is 0.416 e. The van der Waals surface area contributed by atoms with E-state index in [2.05, 4.69) is 20.8 Å². The zero-order valence-corrected chi connectivity index (χ0v) is 16.2. The molecule has 2 heterocycles. The van der Waals surface area contributed by atoms with Crippen molar-refractivity contribution >= 4 is 40.0 Å². The third kappa shape index (κ3) is 6.06. The molecule has 0 unspecified atom stereocenters. The van der Waals surface area contributed by atoms with Gasteiger partial charge in [-0.25, -0.2) is 0 Å². The quantitative estimate of drug-likeness (QED) is 0.427.